The van der Waals surface area contributed by atoms with E-state index in [1.807, 2.05) is 69.3 Å². The van der Waals surface area contributed by atoms with Crippen molar-refractivity contribution in [1.29, 1.82) is 0 Å². The lowest BCUT2D eigenvalue weighted by molar-refractivity contribution is 0.102. The third-order valence-electron chi connectivity index (χ3n) is 3.84. The molecule has 5 heteroatoms. The van der Waals surface area contributed by atoms with Gasteiger partial charge in [-0.3, -0.25) is 9.78 Å². The van der Waals surface area contributed by atoms with Gasteiger partial charge in [0.2, 0.25) is 0 Å². The van der Waals surface area contributed by atoms with E-state index in [1.165, 1.54) is 0 Å². The van der Waals surface area contributed by atoms with E-state index in [-0.39, 0.29) is 12.0 Å². The minimum absolute atomic E-state index is 0.0673. The fourth-order valence-electron chi connectivity index (χ4n) is 2.55. The molecule has 138 valence electrons. The number of amides is 1. The van der Waals surface area contributed by atoms with E-state index in [2.05, 4.69) is 15.6 Å². The Bertz CT molecular complexity index is 921. The zero-order chi connectivity index (χ0) is 19.2. The molecule has 0 aliphatic heterocycles. The maximum Gasteiger partial charge on any atom is 0.257 e. The molecule has 5 nitrogen and oxygen atoms in total. The topological polar surface area (TPSA) is 63.2 Å². The van der Waals surface area contributed by atoms with Gasteiger partial charge in [0.15, 0.2) is 0 Å². The first kappa shape index (κ1) is 18.5. The maximum absolute atomic E-state index is 12.5. The van der Waals surface area contributed by atoms with Crippen molar-refractivity contribution in [2.45, 2.75) is 26.9 Å². The Hall–Kier alpha value is -3.34. The van der Waals surface area contributed by atoms with Crippen molar-refractivity contribution in [3.63, 3.8) is 0 Å². The normalized spacial score (nSPS) is 10.5. The second-order valence-electron chi connectivity index (χ2n) is 6.57. The van der Waals surface area contributed by atoms with Crippen LogP contribution in [0.5, 0.6) is 5.75 Å². The van der Waals surface area contributed by atoms with Crippen LogP contribution < -0.4 is 15.4 Å². The van der Waals surface area contributed by atoms with Gasteiger partial charge in [0.25, 0.3) is 5.91 Å². The van der Waals surface area contributed by atoms with E-state index in [0.717, 1.165) is 22.7 Å². The van der Waals surface area contributed by atoms with E-state index < -0.39 is 0 Å². The Labute approximate surface area is 159 Å². The van der Waals surface area contributed by atoms with Crippen molar-refractivity contribution < 1.29 is 9.53 Å². The van der Waals surface area contributed by atoms with Crippen LogP contribution in [0.3, 0.4) is 0 Å². The largest absolute Gasteiger partial charge is 0.489 e. The number of para-hydroxylation sites is 2. The molecule has 3 rings (SSSR count). The molecule has 2 N–H and O–H groups in total. The van der Waals surface area contributed by atoms with Gasteiger partial charge in [0.1, 0.15) is 5.75 Å². The van der Waals surface area contributed by atoms with E-state index >= 15 is 0 Å². The summed E-state index contributed by atoms with van der Waals surface area (Å²) in [6.45, 7) is 5.97. The number of hydrogen-bond donors (Lipinski definition) is 2. The first-order valence-electron chi connectivity index (χ1n) is 8.87. The Balaban J connectivity index is 1.76. The van der Waals surface area contributed by atoms with Gasteiger partial charge >= 0.3 is 0 Å². The molecule has 0 fully saturated rings. The highest BCUT2D eigenvalue weighted by molar-refractivity contribution is 6.04. The van der Waals surface area contributed by atoms with Crippen molar-refractivity contribution >= 4 is 23.0 Å². The summed E-state index contributed by atoms with van der Waals surface area (Å²) < 4.78 is 5.82. The molecule has 0 saturated heterocycles. The quantitative estimate of drug-likeness (QED) is 0.635. The Morgan fingerprint density at radius 1 is 1.00 bits per heavy atom. The van der Waals surface area contributed by atoms with Crippen LogP contribution >= 0.6 is 0 Å². The Morgan fingerprint density at radius 3 is 2.48 bits per heavy atom. The van der Waals surface area contributed by atoms with Crippen molar-refractivity contribution in [3.05, 3.63) is 78.1 Å². The molecule has 1 amide bonds. The number of pyridine rings is 1. The summed E-state index contributed by atoms with van der Waals surface area (Å²) in [5.41, 5.74) is 3.90. The number of anilines is 3. The summed E-state index contributed by atoms with van der Waals surface area (Å²) in [6.07, 6.45) is 3.29. The van der Waals surface area contributed by atoms with Gasteiger partial charge in [-0.15, -0.1) is 0 Å². The number of nitrogens with zero attached hydrogens (tertiary/aromatic N) is 1. The molecule has 0 unspecified atom stereocenters. The zero-order valence-electron chi connectivity index (χ0n) is 15.7. The van der Waals surface area contributed by atoms with Gasteiger partial charge in [-0.25, -0.2) is 0 Å². The van der Waals surface area contributed by atoms with Crippen LogP contribution in [0, 0.1) is 6.92 Å². The number of aryl methyl sites for hydroxylation is 1. The van der Waals surface area contributed by atoms with Crippen molar-refractivity contribution in [1.82, 2.24) is 4.98 Å². The summed E-state index contributed by atoms with van der Waals surface area (Å²) in [4.78, 5) is 16.7. The van der Waals surface area contributed by atoms with Crippen molar-refractivity contribution in [2.24, 2.45) is 0 Å². The van der Waals surface area contributed by atoms with Crippen molar-refractivity contribution in [2.75, 3.05) is 10.6 Å². The Morgan fingerprint density at radius 2 is 1.74 bits per heavy atom. The lowest BCUT2D eigenvalue weighted by Crippen LogP contribution is -2.12. The van der Waals surface area contributed by atoms with E-state index in [4.69, 9.17) is 4.74 Å². The zero-order valence-corrected chi connectivity index (χ0v) is 15.7. The monoisotopic (exact) mass is 361 g/mol. The minimum atomic E-state index is -0.207. The van der Waals surface area contributed by atoms with Crippen LogP contribution in [-0.4, -0.2) is 17.0 Å². The summed E-state index contributed by atoms with van der Waals surface area (Å²) >= 11 is 0. The standard InChI is InChI=1S/C22H23N3O2/c1-15(2)27-21-7-5-4-6-20(21)24-19-12-17(13-23-14-19)22(26)25-18-10-8-16(3)9-11-18/h4-15,24H,1-3H3,(H,25,26). The number of hydrogen-bond acceptors (Lipinski definition) is 4. The fourth-order valence-corrected chi connectivity index (χ4v) is 2.55. The molecule has 2 aromatic carbocycles. The molecule has 3 aromatic rings. The highest BCUT2D eigenvalue weighted by Gasteiger charge is 2.10. The highest BCUT2D eigenvalue weighted by Crippen LogP contribution is 2.28. The molecule has 27 heavy (non-hydrogen) atoms. The summed E-state index contributed by atoms with van der Waals surface area (Å²) in [5.74, 6) is 0.545. The molecule has 0 bridgehead atoms. The molecule has 0 aliphatic rings. The van der Waals surface area contributed by atoms with E-state index in [1.54, 1.807) is 18.5 Å². The number of rotatable bonds is 6. The molecule has 0 saturated carbocycles. The number of carbonyl (C=O) groups excluding carboxylic acids is 1. The predicted octanol–water partition coefficient (Wildman–Crippen LogP) is 5.17. The van der Waals surface area contributed by atoms with Gasteiger partial charge in [0, 0.05) is 11.9 Å². The van der Waals surface area contributed by atoms with Crippen LogP contribution in [0.4, 0.5) is 17.1 Å². The summed E-state index contributed by atoms with van der Waals surface area (Å²) in [7, 11) is 0. The van der Waals surface area contributed by atoms with Gasteiger partial charge in [-0.1, -0.05) is 29.8 Å². The van der Waals surface area contributed by atoms with Gasteiger partial charge in [0.05, 0.1) is 29.2 Å². The first-order valence-corrected chi connectivity index (χ1v) is 8.87. The molecular weight excluding hydrogens is 338 g/mol. The number of carbonyl (C=O) groups is 1. The first-order chi connectivity index (χ1) is 13.0. The second kappa shape index (κ2) is 8.36. The van der Waals surface area contributed by atoms with Crippen LogP contribution in [0.2, 0.25) is 0 Å². The average molecular weight is 361 g/mol. The van der Waals surface area contributed by atoms with Gasteiger partial charge < -0.3 is 15.4 Å². The van der Waals surface area contributed by atoms with Gasteiger partial charge in [-0.2, -0.15) is 0 Å². The lowest BCUT2D eigenvalue weighted by Gasteiger charge is -2.15. The average Bonchev–Trinajstić information content (AvgIpc) is 2.65. The van der Waals surface area contributed by atoms with E-state index in [0.29, 0.717) is 11.3 Å². The smallest absolute Gasteiger partial charge is 0.257 e. The fraction of sp³-hybridized carbons (Fsp3) is 0.182. The van der Waals surface area contributed by atoms with Crippen LogP contribution in [0.15, 0.2) is 67.0 Å². The molecular formula is C22H23N3O2. The number of benzene rings is 2. The molecule has 0 spiro atoms. The molecule has 0 radical (unpaired) electrons. The third kappa shape index (κ3) is 5.07. The van der Waals surface area contributed by atoms with Gasteiger partial charge in [-0.05, 0) is 51.1 Å². The van der Waals surface area contributed by atoms with Crippen molar-refractivity contribution in [3.8, 4) is 5.75 Å². The molecule has 1 aromatic heterocycles. The minimum Gasteiger partial charge on any atom is -0.489 e. The third-order valence-corrected chi connectivity index (χ3v) is 3.84. The maximum atomic E-state index is 12.5. The van der Waals surface area contributed by atoms with Crippen LogP contribution in [0.25, 0.3) is 0 Å². The van der Waals surface area contributed by atoms with E-state index in [9.17, 15) is 4.79 Å². The molecule has 0 atom stereocenters. The molecule has 0 aliphatic carbocycles. The van der Waals surface area contributed by atoms with Crippen LogP contribution in [0.1, 0.15) is 29.8 Å². The Kier molecular flexibility index (Phi) is 5.71. The summed E-state index contributed by atoms with van der Waals surface area (Å²) in [6, 6.07) is 17.1. The number of ether oxygens (including phenoxy) is 1. The highest BCUT2D eigenvalue weighted by atomic mass is 16.5. The lowest BCUT2D eigenvalue weighted by atomic mass is 10.2. The molecule has 1 heterocycles. The van der Waals surface area contributed by atoms with Crippen LogP contribution in [-0.2, 0) is 0 Å². The summed E-state index contributed by atoms with van der Waals surface area (Å²) in [5, 5.41) is 6.16. The number of nitrogens with one attached hydrogen (secondary N) is 2. The second-order valence-corrected chi connectivity index (χ2v) is 6.57. The predicted molar refractivity (Wildman–Crippen MR) is 109 cm³/mol. The SMILES string of the molecule is Cc1ccc(NC(=O)c2cncc(Nc3ccccc3OC(C)C)c2)cc1. The number of aromatic nitrogens is 1.